The van der Waals surface area contributed by atoms with Crippen molar-refractivity contribution in [1.29, 1.82) is 0 Å². The summed E-state index contributed by atoms with van der Waals surface area (Å²) in [4.78, 5) is 0. The van der Waals surface area contributed by atoms with Gasteiger partial charge in [0.25, 0.3) is 0 Å². The van der Waals surface area contributed by atoms with E-state index in [-0.39, 0.29) is 24.7 Å². The molecule has 0 unspecified atom stereocenters. The third kappa shape index (κ3) is 5.65. The molecule has 0 spiro atoms. The van der Waals surface area contributed by atoms with Gasteiger partial charge in [-0.1, -0.05) is 13.3 Å². The van der Waals surface area contributed by atoms with Crippen LogP contribution in [0, 0.1) is 23.3 Å². The van der Waals surface area contributed by atoms with Crippen LogP contribution in [0.2, 0.25) is 0 Å². The number of nitrogens with two attached hydrogens (primary N) is 1. The van der Waals surface area contributed by atoms with Gasteiger partial charge in [-0.25, -0.2) is 17.6 Å². The molecule has 5 nitrogen and oxygen atoms in total. The van der Waals surface area contributed by atoms with Gasteiger partial charge in [0.2, 0.25) is 0 Å². The van der Waals surface area contributed by atoms with Gasteiger partial charge in [0.1, 0.15) is 18.1 Å². The maximum atomic E-state index is 14.0. The summed E-state index contributed by atoms with van der Waals surface area (Å²) in [5.41, 5.74) is 3.67. The third-order valence-corrected chi connectivity index (χ3v) is 3.38. The van der Waals surface area contributed by atoms with Gasteiger partial charge in [-0.05, 0) is 6.42 Å². The molecule has 2 aromatic rings. The summed E-state index contributed by atoms with van der Waals surface area (Å²) in [6, 6.07) is 3.63. The average molecular weight is 385 g/mol. The van der Waals surface area contributed by atoms with E-state index in [4.69, 9.17) is 15.2 Å². The molecular formula is C18H19F4N3O2. The molecule has 0 aliphatic heterocycles. The van der Waals surface area contributed by atoms with Crippen LogP contribution in [0.15, 0.2) is 34.5 Å². The van der Waals surface area contributed by atoms with Crippen molar-refractivity contribution < 1.29 is 27.0 Å². The minimum atomic E-state index is -1.09. The van der Waals surface area contributed by atoms with Gasteiger partial charge in [0, 0.05) is 30.8 Å². The van der Waals surface area contributed by atoms with E-state index < -0.39 is 34.6 Å². The monoisotopic (exact) mass is 385 g/mol. The molecule has 2 rings (SSSR count). The molecule has 0 heterocycles. The molecule has 0 saturated carbocycles. The highest BCUT2D eigenvalue weighted by atomic mass is 19.1. The van der Waals surface area contributed by atoms with Crippen molar-refractivity contribution in [2.24, 2.45) is 16.0 Å². The zero-order chi connectivity index (χ0) is 19.8. The van der Waals surface area contributed by atoms with Crippen LogP contribution in [0.25, 0.3) is 0 Å². The minimum Gasteiger partial charge on any atom is -0.493 e. The normalized spacial score (nSPS) is 11.2. The first-order valence-corrected chi connectivity index (χ1v) is 8.31. The van der Waals surface area contributed by atoms with Crippen molar-refractivity contribution in [3.63, 3.8) is 0 Å². The zero-order valence-corrected chi connectivity index (χ0v) is 14.6. The van der Waals surface area contributed by atoms with Gasteiger partial charge in [-0.3, -0.25) is 0 Å². The van der Waals surface area contributed by atoms with Crippen molar-refractivity contribution in [2.45, 2.75) is 19.8 Å². The van der Waals surface area contributed by atoms with Crippen molar-refractivity contribution in [1.82, 2.24) is 0 Å². The molecule has 27 heavy (non-hydrogen) atoms. The Balaban J connectivity index is 2.22. The van der Waals surface area contributed by atoms with E-state index >= 15 is 0 Å². The lowest BCUT2D eigenvalue weighted by Crippen LogP contribution is -2.10. The van der Waals surface area contributed by atoms with Crippen molar-refractivity contribution >= 4 is 11.4 Å². The van der Waals surface area contributed by atoms with Crippen molar-refractivity contribution in [3.8, 4) is 11.5 Å². The van der Waals surface area contributed by atoms with Crippen molar-refractivity contribution in [3.05, 3.63) is 47.5 Å². The lowest BCUT2D eigenvalue weighted by atomic mass is 10.2. The summed E-state index contributed by atoms with van der Waals surface area (Å²) >= 11 is 0. The van der Waals surface area contributed by atoms with E-state index in [0.29, 0.717) is 6.61 Å². The van der Waals surface area contributed by atoms with E-state index in [1.54, 1.807) is 0 Å². The Morgan fingerprint density at radius 1 is 0.778 bits per heavy atom. The lowest BCUT2D eigenvalue weighted by Gasteiger charge is -2.07. The fourth-order valence-electron chi connectivity index (χ4n) is 2.05. The van der Waals surface area contributed by atoms with Crippen LogP contribution in [-0.4, -0.2) is 19.8 Å². The first kappa shape index (κ1) is 20.6. The summed E-state index contributed by atoms with van der Waals surface area (Å²) in [6.45, 7) is 2.50. The summed E-state index contributed by atoms with van der Waals surface area (Å²) in [5.74, 6) is -4.39. The molecule has 0 aliphatic carbocycles. The van der Waals surface area contributed by atoms with Gasteiger partial charge < -0.3 is 15.2 Å². The molecule has 146 valence electrons. The first-order chi connectivity index (χ1) is 13.0. The molecule has 0 fully saturated rings. The predicted octanol–water partition coefficient (Wildman–Crippen LogP) is 5.17. The topological polar surface area (TPSA) is 69.2 Å². The lowest BCUT2D eigenvalue weighted by molar-refractivity contribution is 0.306. The number of hydrogen-bond donors (Lipinski definition) is 1. The van der Waals surface area contributed by atoms with Gasteiger partial charge in [0.15, 0.2) is 34.6 Å². The van der Waals surface area contributed by atoms with Crippen LogP contribution in [0.3, 0.4) is 0 Å². The first-order valence-electron chi connectivity index (χ1n) is 8.31. The van der Waals surface area contributed by atoms with Crippen molar-refractivity contribution in [2.75, 3.05) is 19.8 Å². The van der Waals surface area contributed by atoms with Crippen LogP contribution >= 0.6 is 0 Å². The standard InChI is InChI=1S/C18H19F4N3O2/c1-2-3-5-26-11-7-13(19)17(14(20)8-11)24-25-18-15(21)9-12(10-16(18)22)27-6-4-23/h7-10H,2-6,23H2,1H3. The second kappa shape index (κ2) is 9.86. The molecule has 0 amide bonds. The molecule has 0 atom stereocenters. The number of hydrogen-bond acceptors (Lipinski definition) is 5. The number of nitrogens with zero attached hydrogens (tertiary/aromatic N) is 2. The second-order valence-electron chi connectivity index (χ2n) is 5.51. The highest BCUT2D eigenvalue weighted by Crippen LogP contribution is 2.32. The number of azo groups is 1. The minimum absolute atomic E-state index is 0.00355. The number of ether oxygens (including phenoxy) is 2. The molecule has 0 aromatic heterocycles. The summed E-state index contributed by atoms with van der Waals surface area (Å²) in [6.07, 6.45) is 1.60. The van der Waals surface area contributed by atoms with E-state index in [0.717, 1.165) is 37.1 Å². The van der Waals surface area contributed by atoms with Gasteiger partial charge in [-0.15, -0.1) is 10.2 Å². The van der Waals surface area contributed by atoms with Crippen LogP contribution in [-0.2, 0) is 0 Å². The van der Waals surface area contributed by atoms with Gasteiger partial charge in [0.05, 0.1) is 6.61 Å². The molecule has 9 heteroatoms. The Morgan fingerprint density at radius 2 is 1.19 bits per heavy atom. The quantitative estimate of drug-likeness (QED) is 0.368. The second-order valence-corrected chi connectivity index (χ2v) is 5.51. The summed E-state index contributed by atoms with van der Waals surface area (Å²) in [5, 5.41) is 6.60. The van der Waals surface area contributed by atoms with Crippen LogP contribution in [0.5, 0.6) is 11.5 Å². The summed E-state index contributed by atoms with van der Waals surface area (Å²) < 4.78 is 66.2. The molecular weight excluding hydrogens is 366 g/mol. The Kier molecular flexibility index (Phi) is 7.54. The van der Waals surface area contributed by atoms with Gasteiger partial charge >= 0.3 is 0 Å². The average Bonchev–Trinajstić information content (AvgIpc) is 2.61. The number of rotatable bonds is 9. The van der Waals surface area contributed by atoms with E-state index in [2.05, 4.69) is 10.2 Å². The van der Waals surface area contributed by atoms with E-state index in [1.165, 1.54) is 0 Å². The fourth-order valence-corrected chi connectivity index (χ4v) is 2.05. The molecule has 0 aliphatic rings. The predicted molar refractivity (Wildman–Crippen MR) is 91.8 cm³/mol. The molecule has 2 N–H and O–H groups in total. The number of benzene rings is 2. The maximum absolute atomic E-state index is 14.0. The highest BCUT2D eigenvalue weighted by molar-refractivity contribution is 5.47. The smallest absolute Gasteiger partial charge is 0.157 e. The third-order valence-electron chi connectivity index (χ3n) is 3.38. The molecule has 0 bridgehead atoms. The maximum Gasteiger partial charge on any atom is 0.157 e. The van der Waals surface area contributed by atoms with Crippen LogP contribution < -0.4 is 15.2 Å². The Labute approximate surface area is 153 Å². The van der Waals surface area contributed by atoms with Crippen LogP contribution in [0.4, 0.5) is 28.9 Å². The molecule has 2 aromatic carbocycles. The largest absolute Gasteiger partial charge is 0.493 e. The summed E-state index contributed by atoms with van der Waals surface area (Å²) in [7, 11) is 0. The Hall–Kier alpha value is -2.68. The van der Waals surface area contributed by atoms with E-state index in [9.17, 15) is 17.6 Å². The molecule has 0 radical (unpaired) electrons. The highest BCUT2D eigenvalue weighted by Gasteiger charge is 2.15. The Morgan fingerprint density at radius 3 is 1.56 bits per heavy atom. The Bertz CT molecular complexity index is 769. The number of halogens is 4. The number of unbranched alkanes of at least 4 members (excludes halogenated alkanes) is 1. The fraction of sp³-hybridized carbons (Fsp3) is 0.333. The molecule has 0 saturated heterocycles. The van der Waals surface area contributed by atoms with Gasteiger partial charge in [-0.2, -0.15) is 0 Å². The van der Waals surface area contributed by atoms with E-state index in [1.807, 2.05) is 6.92 Å². The zero-order valence-electron chi connectivity index (χ0n) is 14.6. The van der Waals surface area contributed by atoms with Crippen LogP contribution in [0.1, 0.15) is 19.8 Å². The SMILES string of the molecule is CCCCOc1cc(F)c(N=Nc2c(F)cc(OCCN)cc2F)c(F)c1.